The first-order chi connectivity index (χ1) is 13.4. The summed E-state index contributed by atoms with van der Waals surface area (Å²) in [6, 6.07) is 17.1. The number of aromatic hydroxyl groups is 1. The van der Waals surface area contributed by atoms with E-state index in [2.05, 4.69) is 9.97 Å². The highest BCUT2D eigenvalue weighted by Gasteiger charge is 2.30. The van der Waals surface area contributed by atoms with Crippen LogP contribution in [0.1, 0.15) is 11.4 Å². The molecule has 142 valence electrons. The summed E-state index contributed by atoms with van der Waals surface area (Å²) in [5.41, 5.74) is 2.60. The molecular formula is C21H15F3N2O2. The van der Waals surface area contributed by atoms with Crippen molar-refractivity contribution in [2.24, 2.45) is 0 Å². The number of aromatic amines is 1. The molecule has 0 aliphatic heterocycles. The Bertz CT molecular complexity index is 1120. The maximum atomic E-state index is 12.6. The molecule has 2 N–H and O–H groups in total. The van der Waals surface area contributed by atoms with Crippen LogP contribution in [0.2, 0.25) is 0 Å². The average Bonchev–Trinajstić information content (AvgIpc) is 3.08. The molecule has 0 spiro atoms. The zero-order chi connectivity index (χ0) is 19.7. The zero-order valence-electron chi connectivity index (χ0n) is 14.5. The SMILES string of the molecule is Oc1cccc(-c2ccc3[nH]c(COc4ccc(C(F)(F)F)cc4)nc3c2)c1. The molecule has 4 nitrogen and oxygen atoms in total. The maximum Gasteiger partial charge on any atom is 0.416 e. The van der Waals surface area contributed by atoms with Crippen LogP contribution in [0, 0.1) is 0 Å². The number of hydrogen-bond donors (Lipinski definition) is 2. The van der Waals surface area contributed by atoms with Gasteiger partial charge in [0, 0.05) is 0 Å². The number of aromatic nitrogens is 2. The molecule has 0 atom stereocenters. The van der Waals surface area contributed by atoms with E-state index in [1.54, 1.807) is 18.2 Å². The summed E-state index contributed by atoms with van der Waals surface area (Å²) in [6.45, 7) is 0.0987. The van der Waals surface area contributed by atoms with Gasteiger partial charge in [0.25, 0.3) is 0 Å². The predicted octanol–water partition coefficient (Wildman–Crippen LogP) is 5.53. The highest BCUT2D eigenvalue weighted by atomic mass is 19.4. The number of fused-ring (bicyclic) bond motifs is 1. The molecule has 0 aliphatic carbocycles. The lowest BCUT2D eigenvalue weighted by Crippen LogP contribution is -2.04. The number of nitrogens with zero attached hydrogens (tertiary/aromatic N) is 1. The number of imidazole rings is 1. The van der Waals surface area contributed by atoms with E-state index in [0.717, 1.165) is 34.3 Å². The summed E-state index contributed by atoms with van der Waals surface area (Å²) in [6.07, 6.45) is -4.37. The van der Waals surface area contributed by atoms with Crippen molar-refractivity contribution in [1.29, 1.82) is 0 Å². The van der Waals surface area contributed by atoms with Gasteiger partial charge in [0.1, 0.15) is 23.9 Å². The van der Waals surface area contributed by atoms with Crippen molar-refractivity contribution in [3.05, 3.63) is 78.1 Å². The lowest BCUT2D eigenvalue weighted by Gasteiger charge is -2.08. The number of halogens is 3. The third-order valence-electron chi connectivity index (χ3n) is 4.27. The number of rotatable bonds is 4. The van der Waals surface area contributed by atoms with Gasteiger partial charge in [0.15, 0.2) is 0 Å². The van der Waals surface area contributed by atoms with E-state index in [-0.39, 0.29) is 12.4 Å². The third-order valence-corrected chi connectivity index (χ3v) is 4.27. The van der Waals surface area contributed by atoms with Crippen LogP contribution in [0.5, 0.6) is 11.5 Å². The number of nitrogens with one attached hydrogen (secondary N) is 1. The van der Waals surface area contributed by atoms with Crippen LogP contribution in [-0.2, 0) is 12.8 Å². The Morgan fingerprint density at radius 3 is 2.39 bits per heavy atom. The van der Waals surface area contributed by atoms with Gasteiger partial charge < -0.3 is 14.8 Å². The van der Waals surface area contributed by atoms with Crippen molar-refractivity contribution >= 4 is 11.0 Å². The standard InChI is InChI=1S/C21H15F3N2O2/c22-21(23,24)15-5-7-17(8-6-15)28-12-20-25-18-9-4-14(11-19(18)26-20)13-2-1-3-16(27)10-13/h1-11,27H,12H2,(H,25,26). The Balaban J connectivity index is 1.50. The minimum absolute atomic E-state index is 0.0987. The fourth-order valence-electron chi connectivity index (χ4n) is 2.88. The van der Waals surface area contributed by atoms with E-state index >= 15 is 0 Å². The van der Waals surface area contributed by atoms with Crippen LogP contribution in [-0.4, -0.2) is 15.1 Å². The predicted molar refractivity (Wildman–Crippen MR) is 99.0 cm³/mol. The first-order valence-corrected chi connectivity index (χ1v) is 8.46. The van der Waals surface area contributed by atoms with Crippen LogP contribution in [0.15, 0.2) is 66.7 Å². The number of ether oxygens (including phenoxy) is 1. The minimum atomic E-state index is -4.37. The molecular weight excluding hydrogens is 369 g/mol. The van der Waals surface area contributed by atoms with Gasteiger partial charge in [-0.05, 0) is 59.7 Å². The van der Waals surface area contributed by atoms with E-state index in [1.165, 1.54) is 12.1 Å². The normalized spacial score (nSPS) is 11.7. The fraction of sp³-hybridized carbons (Fsp3) is 0.0952. The topological polar surface area (TPSA) is 58.1 Å². The van der Waals surface area contributed by atoms with Crippen LogP contribution in [0.25, 0.3) is 22.2 Å². The molecule has 7 heteroatoms. The number of phenolic OH excluding ortho intramolecular Hbond substituents is 1. The summed E-state index contributed by atoms with van der Waals surface area (Å²) >= 11 is 0. The quantitative estimate of drug-likeness (QED) is 0.486. The molecule has 4 rings (SSSR count). The highest BCUT2D eigenvalue weighted by Crippen LogP contribution is 2.30. The lowest BCUT2D eigenvalue weighted by molar-refractivity contribution is -0.137. The number of H-pyrrole nitrogens is 1. The van der Waals surface area contributed by atoms with Gasteiger partial charge in [-0.15, -0.1) is 0 Å². The fourth-order valence-corrected chi connectivity index (χ4v) is 2.88. The minimum Gasteiger partial charge on any atom is -0.508 e. The van der Waals surface area contributed by atoms with Crippen molar-refractivity contribution in [1.82, 2.24) is 9.97 Å². The zero-order valence-corrected chi connectivity index (χ0v) is 14.5. The molecule has 0 fully saturated rings. The Kier molecular flexibility index (Phi) is 4.43. The number of hydrogen-bond acceptors (Lipinski definition) is 3. The Hall–Kier alpha value is -3.48. The van der Waals surface area contributed by atoms with Crippen LogP contribution < -0.4 is 4.74 Å². The van der Waals surface area contributed by atoms with Crippen molar-refractivity contribution in [2.45, 2.75) is 12.8 Å². The molecule has 0 bridgehead atoms. The monoisotopic (exact) mass is 384 g/mol. The summed E-state index contributed by atoms with van der Waals surface area (Å²) in [5.74, 6) is 1.07. The maximum absolute atomic E-state index is 12.6. The number of alkyl halides is 3. The van der Waals surface area contributed by atoms with Gasteiger partial charge in [-0.25, -0.2) is 4.98 Å². The second-order valence-corrected chi connectivity index (χ2v) is 6.28. The van der Waals surface area contributed by atoms with E-state index < -0.39 is 11.7 Å². The summed E-state index contributed by atoms with van der Waals surface area (Å²) < 4.78 is 43.3. The van der Waals surface area contributed by atoms with Crippen LogP contribution in [0.3, 0.4) is 0 Å². The first kappa shape index (κ1) is 17.9. The Labute approximate surface area is 158 Å². The van der Waals surface area contributed by atoms with E-state index in [4.69, 9.17) is 4.74 Å². The summed E-state index contributed by atoms with van der Waals surface area (Å²) in [5, 5.41) is 9.63. The second-order valence-electron chi connectivity index (χ2n) is 6.28. The number of benzene rings is 3. The van der Waals surface area contributed by atoms with Crippen molar-refractivity contribution in [3.63, 3.8) is 0 Å². The van der Waals surface area contributed by atoms with Crippen molar-refractivity contribution < 1.29 is 23.0 Å². The third kappa shape index (κ3) is 3.78. The van der Waals surface area contributed by atoms with Gasteiger partial charge in [0.2, 0.25) is 0 Å². The Morgan fingerprint density at radius 1 is 0.929 bits per heavy atom. The van der Waals surface area contributed by atoms with E-state index in [1.807, 2.05) is 24.3 Å². The average molecular weight is 384 g/mol. The largest absolute Gasteiger partial charge is 0.508 e. The summed E-state index contributed by atoms with van der Waals surface area (Å²) in [4.78, 5) is 7.60. The van der Waals surface area contributed by atoms with Gasteiger partial charge >= 0.3 is 6.18 Å². The van der Waals surface area contributed by atoms with Crippen molar-refractivity contribution in [2.75, 3.05) is 0 Å². The van der Waals surface area contributed by atoms with Crippen LogP contribution in [0.4, 0.5) is 13.2 Å². The summed E-state index contributed by atoms with van der Waals surface area (Å²) in [7, 11) is 0. The Morgan fingerprint density at radius 2 is 1.68 bits per heavy atom. The molecule has 28 heavy (non-hydrogen) atoms. The van der Waals surface area contributed by atoms with Gasteiger partial charge in [-0.1, -0.05) is 18.2 Å². The highest BCUT2D eigenvalue weighted by molar-refractivity contribution is 5.82. The van der Waals surface area contributed by atoms with Gasteiger partial charge in [-0.3, -0.25) is 0 Å². The second kappa shape index (κ2) is 6.92. The lowest BCUT2D eigenvalue weighted by atomic mass is 10.1. The first-order valence-electron chi connectivity index (χ1n) is 8.46. The molecule has 0 saturated carbocycles. The van der Waals surface area contributed by atoms with Crippen molar-refractivity contribution in [3.8, 4) is 22.6 Å². The smallest absolute Gasteiger partial charge is 0.416 e. The molecule has 0 saturated heterocycles. The van der Waals surface area contributed by atoms with E-state index in [9.17, 15) is 18.3 Å². The molecule has 1 heterocycles. The van der Waals surface area contributed by atoms with E-state index in [0.29, 0.717) is 11.6 Å². The molecule has 0 unspecified atom stereocenters. The molecule has 0 aliphatic rings. The molecule has 0 amide bonds. The molecule has 0 radical (unpaired) electrons. The molecule has 3 aromatic carbocycles. The van der Waals surface area contributed by atoms with Gasteiger partial charge in [0.05, 0.1) is 16.6 Å². The molecule has 1 aromatic heterocycles. The van der Waals surface area contributed by atoms with Crippen LogP contribution >= 0.6 is 0 Å². The van der Waals surface area contributed by atoms with Gasteiger partial charge in [-0.2, -0.15) is 13.2 Å². The molecule has 4 aromatic rings. The number of phenols is 1.